The van der Waals surface area contributed by atoms with E-state index in [1.807, 2.05) is 83.1 Å². The maximum absolute atomic E-state index is 12.5. The highest BCUT2D eigenvalue weighted by Crippen LogP contribution is 2.34. The summed E-state index contributed by atoms with van der Waals surface area (Å²) in [5.41, 5.74) is 17.0. The predicted molar refractivity (Wildman–Crippen MR) is 340 cm³/mol. The molecular weight excluding hydrogens is 1140 g/mol. The van der Waals surface area contributed by atoms with Crippen LogP contribution >= 0.6 is 12.4 Å². The Labute approximate surface area is 523 Å². The number of piperazine rings is 2. The van der Waals surface area contributed by atoms with Gasteiger partial charge in [0.05, 0.1) is 33.6 Å². The van der Waals surface area contributed by atoms with Gasteiger partial charge in [-0.25, -0.2) is 33.8 Å². The zero-order chi connectivity index (χ0) is 62.0. The van der Waals surface area contributed by atoms with Crippen LogP contribution in [0.3, 0.4) is 0 Å². The highest BCUT2D eigenvalue weighted by atomic mass is 35.5. The van der Waals surface area contributed by atoms with Crippen molar-refractivity contribution in [3.8, 4) is 52.0 Å². The summed E-state index contributed by atoms with van der Waals surface area (Å²) < 4.78 is 10.6. The minimum Gasteiger partial charge on any atom is -0.444 e. The smallest absolute Gasteiger partial charge is 0.410 e. The number of hydrogen-bond acceptors (Lipinski definition) is 18. The summed E-state index contributed by atoms with van der Waals surface area (Å²) in [5, 5.41) is 55.9. The molecule has 4 aliphatic heterocycles. The minimum atomic E-state index is -0.456. The Kier molecular flexibility index (Phi) is 18.9. The average Bonchev–Trinajstić information content (AvgIpc) is 3.49. The number of hydrogen-bond donors (Lipinski definition) is 1. The van der Waals surface area contributed by atoms with Crippen LogP contribution in [-0.2, 0) is 49.9 Å². The van der Waals surface area contributed by atoms with Gasteiger partial charge < -0.3 is 19.7 Å². The molecule has 1 amide bonds. The van der Waals surface area contributed by atoms with E-state index in [1.54, 1.807) is 21.1 Å². The molecule has 22 nitrogen and oxygen atoms in total. The molecule has 89 heavy (non-hydrogen) atoms. The molecule has 4 unspecified atom stereocenters. The molecule has 4 bridgehead atoms. The van der Waals surface area contributed by atoms with Gasteiger partial charge >= 0.3 is 6.09 Å². The van der Waals surface area contributed by atoms with E-state index in [2.05, 4.69) is 129 Å². The molecule has 9 aromatic rings. The van der Waals surface area contributed by atoms with Crippen molar-refractivity contribution in [1.82, 2.24) is 80.0 Å². The number of ether oxygens (including phenoxy) is 1. The molecule has 1 N–H and O–H groups in total. The Balaban J connectivity index is 0.000000150. The molecule has 0 saturated carbocycles. The van der Waals surface area contributed by atoms with Crippen LogP contribution in [0.5, 0.6) is 0 Å². The monoisotopic (exact) mass is 1220 g/mol. The van der Waals surface area contributed by atoms with Crippen LogP contribution in [-0.4, -0.2) is 156 Å². The molecule has 0 aliphatic carbocycles. The van der Waals surface area contributed by atoms with Crippen molar-refractivity contribution in [2.75, 3.05) is 39.3 Å². The van der Waals surface area contributed by atoms with Crippen molar-refractivity contribution in [3.63, 3.8) is 0 Å². The lowest BCUT2D eigenvalue weighted by Gasteiger charge is -2.35. The summed E-state index contributed by atoms with van der Waals surface area (Å²) in [6, 6.07) is 33.2. The first kappa shape index (κ1) is 62.9. The van der Waals surface area contributed by atoms with Crippen LogP contribution in [0.2, 0.25) is 0 Å². The van der Waals surface area contributed by atoms with Crippen molar-refractivity contribution in [1.29, 1.82) is 15.8 Å². The van der Waals surface area contributed by atoms with Gasteiger partial charge in [0.2, 0.25) is 0 Å². The topological polar surface area (TPSA) is 267 Å². The van der Waals surface area contributed by atoms with E-state index < -0.39 is 5.60 Å². The number of nitrogens with one attached hydrogen (secondary N) is 1. The summed E-state index contributed by atoms with van der Waals surface area (Å²) in [5.74, 6) is 0. The average molecular weight is 1220 g/mol. The zero-order valence-electron chi connectivity index (χ0n) is 51.9. The van der Waals surface area contributed by atoms with Crippen LogP contribution in [0.4, 0.5) is 4.79 Å². The Morgan fingerprint density at radius 1 is 0.596 bits per heavy atom. The fourth-order valence-electron chi connectivity index (χ4n) is 12.8. The quantitative estimate of drug-likeness (QED) is 0.0996. The molecule has 4 saturated heterocycles. The third-order valence-electron chi connectivity index (χ3n) is 17.5. The van der Waals surface area contributed by atoms with Crippen molar-refractivity contribution in [3.05, 3.63) is 123 Å². The van der Waals surface area contributed by atoms with E-state index in [1.165, 1.54) is 48.2 Å². The number of amides is 1. The summed E-state index contributed by atoms with van der Waals surface area (Å²) in [7, 11) is 5.43. The number of aromatic nitrogens is 12. The van der Waals surface area contributed by atoms with Gasteiger partial charge in [-0.2, -0.15) is 15.8 Å². The first-order chi connectivity index (χ1) is 42.4. The molecule has 23 heteroatoms. The number of aryl methyl sites for hydroxylation is 9. The Morgan fingerprint density at radius 3 is 1.37 bits per heavy atom. The van der Waals surface area contributed by atoms with Crippen LogP contribution in [0.15, 0.2) is 72.8 Å². The molecule has 4 aliphatic rings. The fraction of sp³-hybridized carbons (Fsp3) is 0.424. The number of nitriles is 3. The Bertz CT molecular complexity index is 4260. The van der Waals surface area contributed by atoms with E-state index >= 15 is 0 Å². The normalized spacial score (nSPS) is 17.6. The number of likely N-dealkylation sites (tertiary alicyclic amines) is 3. The minimum absolute atomic E-state index is 0. The molecule has 0 spiro atoms. The summed E-state index contributed by atoms with van der Waals surface area (Å²) >= 11 is 0. The fourth-order valence-corrected chi connectivity index (χ4v) is 12.8. The second kappa shape index (κ2) is 26.7. The number of nitrogens with zero attached hydrogens (tertiary/aromatic N) is 18. The van der Waals surface area contributed by atoms with Gasteiger partial charge in [-0.15, -0.1) is 27.7 Å². The summed E-state index contributed by atoms with van der Waals surface area (Å²) in [4.78, 5) is 43.6. The maximum atomic E-state index is 12.5. The molecule has 6 aromatic heterocycles. The van der Waals surface area contributed by atoms with Crippen molar-refractivity contribution < 1.29 is 14.3 Å². The second-order valence-electron chi connectivity index (χ2n) is 24.6. The highest BCUT2D eigenvalue weighted by Gasteiger charge is 2.46. The Morgan fingerprint density at radius 2 is 1.02 bits per heavy atom. The highest BCUT2D eigenvalue weighted by molar-refractivity contribution is 5.86. The second-order valence-corrected chi connectivity index (χ2v) is 24.6. The van der Waals surface area contributed by atoms with E-state index in [4.69, 9.17) is 4.74 Å². The Hall–Kier alpha value is -9.11. The first-order valence-corrected chi connectivity index (χ1v) is 30.1. The van der Waals surface area contributed by atoms with Crippen LogP contribution < -0.4 is 5.32 Å². The lowest BCUT2D eigenvalue weighted by atomic mass is 9.99. The number of halogens is 1. The molecule has 0 radical (unpaired) electrons. The molecule has 3 aromatic carbocycles. The van der Waals surface area contributed by atoms with Gasteiger partial charge in [0.25, 0.3) is 0 Å². The molecular formula is C66H74ClN19O3. The number of benzene rings is 3. The number of rotatable bonds is 14. The van der Waals surface area contributed by atoms with Crippen LogP contribution in [0.25, 0.3) is 66.9 Å². The molecule has 4 atom stereocenters. The molecule has 10 heterocycles. The number of aldehydes is 1. The van der Waals surface area contributed by atoms with Crippen molar-refractivity contribution in [2.45, 2.75) is 123 Å². The molecule has 458 valence electrons. The lowest BCUT2D eigenvalue weighted by molar-refractivity contribution is -0.107. The van der Waals surface area contributed by atoms with Crippen molar-refractivity contribution in [2.24, 2.45) is 21.1 Å². The van der Waals surface area contributed by atoms with Gasteiger partial charge in [-0.3, -0.25) is 9.80 Å². The van der Waals surface area contributed by atoms with Crippen LogP contribution in [0.1, 0.15) is 103 Å². The molecule has 4 fully saturated rings. The molecule has 13 rings (SSSR count). The van der Waals surface area contributed by atoms with Gasteiger partial charge in [-0.1, -0.05) is 52.0 Å². The van der Waals surface area contributed by atoms with Crippen LogP contribution in [0, 0.1) is 54.8 Å². The number of pyridine rings is 3. The van der Waals surface area contributed by atoms with Gasteiger partial charge in [0.15, 0.2) is 17.1 Å². The summed E-state index contributed by atoms with van der Waals surface area (Å²) in [6.07, 6.45) is 8.71. The third-order valence-corrected chi connectivity index (χ3v) is 17.5. The lowest BCUT2D eigenvalue weighted by Crippen LogP contribution is -2.50. The number of carbonyl (C=O) groups excluding carboxylic acids is 2. The van der Waals surface area contributed by atoms with Crippen molar-refractivity contribution >= 4 is 57.9 Å². The SMILES string of the molecule is Cc1cc(-c2cc3c(nnn3C)c(C#N)n2)ccc1CCC=O.Cc1cc(-c2cc3c(nnn3C)c(C#N)n2)ccc1CCCN1CC2CC1CN2.Cc1cc(-c2cc3c(nnn3C)c(C#N)n2)ccc1CCCN1CC2CC1CN2C(=O)OC(C)(C)C.Cl. The maximum Gasteiger partial charge on any atom is 0.410 e. The zero-order valence-corrected chi connectivity index (χ0v) is 52.7. The van der Waals surface area contributed by atoms with E-state index in [-0.39, 0.29) is 30.2 Å². The first-order valence-electron chi connectivity index (χ1n) is 30.1. The number of carbonyl (C=O) groups is 2. The predicted octanol–water partition coefficient (Wildman–Crippen LogP) is 8.79. The standard InChI is InChI=1S/C27H33N7O2.C22H25N7.C17H15N5O.ClH/c1-17-11-19(22-13-24-25(23(14-28)29-22)30-31-32(24)5)9-8-18(17)7-6-10-33-15-21-12-20(33)16-34(21)26(35)36-27(2,3)4;1-14-8-16(19-10-21-22(20(11-23)25-19)26-27-28(21)2)6-5-15(14)4-3-7-29-13-17-9-18(29)12-24-17;1-11-8-13(6-5-12(11)4-3-7-23)14-9-16-17(15(10-18)19-14)20-21-22(16)2;/h8-9,11,13,20-21H,6-7,10,12,15-16H2,1-5H3;5-6,8,10,17-18,24H,3-4,7,9,12-13H2,1-2H3;5-9H,3-4H2,1-2H3;1H. The van der Waals surface area contributed by atoms with Gasteiger partial charge in [0.1, 0.15) is 46.6 Å². The van der Waals surface area contributed by atoms with Gasteiger partial charge in [0, 0.05) is 94.6 Å². The van der Waals surface area contributed by atoms with E-state index in [0.29, 0.717) is 46.1 Å². The van der Waals surface area contributed by atoms with E-state index in [9.17, 15) is 25.4 Å². The van der Waals surface area contributed by atoms with E-state index in [0.717, 1.165) is 132 Å². The third kappa shape index (κ3) is 13.6. The number of fused-ring (bicyclic) bond motifs is 7. The van der Waals surface area contributed by atoms with Gasteiger partial charge in [-0.05, 0) is 169 Å². The summed E-state index contributed by atoms with van der Waals surface area (Å²) in [6.45, 7) is 18.3. The largest absolute Gasteiger partial charge is 0.444 e.